The zero-order chi connectivity index (χ0) is 20.3. The van der Waals surface area contributed by atoms with Crippen LogP contribution in [0.25, 0.3) is 0 Å². The minimum atomic E-state index is -1.21. The van der Waals surface area contributed by atoms with Crippen molar-refractivity contribution < 1.29 is 23.9 Å². The van der Waals surface area contributed by atoms with E-state index < -0.39 is 35.8 Å². The van der Waals surface area contributed by atoms with Crippen molar-refractivity contribution in [3.63, 3.8) is 0 Å². The van der Waals surface area contributed by atoms with Crippen LogP contribution in [0.15, 0.2) is 18.2 Å². The lowest BCUT2D eigenvalue weighted by Gasteiger charge is -2.38. The predicted molar refractivity (Wildman–Crippen MR) is 97.5 cm³/mol. The molecule has 1 unspecified atom stereocenters. The average molecular weight is 379 g/mol. The van der Waals surface area contributed by atoms with Crippen LogP contribution in [0, 0.1) is 11.7 Å². The number of aliphatic carboxylic acids is 1. The van der Waals surface area contributed by atoms with Crippen LogP contribution < -0.4 is 10.6 Å². The van der Waals surface area contributed by atoms with E-state index in [4.69, 9.17) is 0 Å². The van der Waals surface area contributed by atoms with Gasteiger partial charge in [0.1, 0.15) is 11.9 Å². The van der Waals surface area contributed by atoms with Crippen LogP contribution in [0.3, 0.4) is 0 Å². The van der Waals surface area contributed by atoms with E-state index in [2.05, 4.69) is 10.6 Å². The van der Waals surface area contributed by atoms with Crippen LogP contribution in [0.1, 0.15) is 37.9 Å². The van der Waals surface area contributed by atoms with Gasteiger partial charge in [0.05, 0.1) is 6.04 Å². The maximum Gasteiger partial charge on any atom is 0.331 e. The molecule has 0 saturated heterocycles. The van der Waals surface area contributed by atoms with Crippen LogP contribution >= 0.6 is 0 Å². The average Bonchev–Trinajstić information content (AvgIpc) is 2.62. The third-order valence-electron chi connectivity index (χ3n) is 4.91. The first kappa shape index (κ1) is 20.8. The Kier molecular flexibility index (Phi) is 6.54. The lowest BCUT2D eigenvalue weighted by molar-refractivity contribution is -0.153. The molecule has 27 heavy (non-hydrogen) atoms. The van der Waals surface area contributed by atoms with Crippen molar-refractivity contribution in [3.8, 4) is 0 Å². The summed E-state index contributed by atoms with van der Waals surface area (Å²) in [5.74, 6) is -2.64. The molecular weight excluding hydrogens is 353 g/mol. The van der Waals surface area contributed by atoms with Gasteiger partial charge in [0, 0.05) is 6.54 Å². The van der Waals surface area contributed by atoms with Crippen molar-refractivity contribution in [2.75, 3.05) is 13.6 Å². The molecule has 2 amide bonds. The Morgan fingerprint density at radius 1 is 1.26 bits per heavy atom. The first-order valence-corrected chi connectivity index (χ1v) is 8.96. The normalized spacial score (nSPS) is 18.6. The van der Waals surface area contributed by atoms with Crippen molar-refractivity contribution >= 4 is 17.8 Å². The summed E-state index contributed by atoms with van der Waals surface area (Å²) in [6, 6.07) is 1.37. The fourth-order valence-corrected chi connectivity index (χ4v) is 3.20. The predicted octanol–water partition coefficient (Wildman–Crippen LogP) is 1.08. The highest BCUT2D eigenvalue weighted by Crippen LogP contribution is 2.31. The number of halogens is 1. The summed E-state index contributed by atoms with van der Waals surface area (Å²) in [4.78, 5) is 38.5. The number of amides is 2. The van der Waals surface area contributed by atoms with Crippen molar-refractivity contribution in [1.29, 1.82) is 0 Å². The van der Waals surface area contributed by atoms with Crippen molar-refractivity contribution in [2.45, 2.75) is 45.3 Å². The Morgan fingerprint density at radius 3 is 2.48 bits per heavy atom. The Bertz CT molecular complexity index is 738. The van der Waals surface area contributed by atoms with E-state index in [0.29, 0.717) is 17.5 Å². The van der Waals surface area contributed by atoms with Crippen molar-refractivity contribution in [3.05, 3.63) is 35.1 Å². The lowest BCUT2D eigenvalue weighted by atomic mass is 9.90. The first-order chi connectivity index (χ1) is 12.7. The highest BCUT2D eigenvalue weighted by atomic mass is 19.1. The molecule has 0 saturated carbocycles. The Hall–Kier alpha value is -2.48. The van der Waals surface area contributed by atoms with Gasteiger partial charge in [0.15, 0.2) is 6.04 Å². The van der Waals surface area contributed by atoms with Crippen LogP contribution in [0.2, 0.25) is 0 Å². The van der Waals surface area contributed by atoms with Crippen molar-refractivity contribution in [2.24, 2.45) is 5.92 Å². The molecule has 0 radical (unpaired) electrons. The number of carboxylic acid groups (broad SMARTS) is 1. The van der Waals surface area contributed by atoms with E-state index in [1.807, 2.05) is 0 Å². The number of nitrogens with zero attached hydrogens (tertiary/aromatic N) is 1. The second kappa shape index (κ2) is 8.47. The van der Waals surface area contributed by atoms with Gasteiger partial charge in [-0.15, -0.1) is 0 Å². The molecule has 2 rings (SSSR count). The number of carboxylic acids is 1. The van der Waals surface area contributed by atoms with Gasteiger partial charge in [-0.3, -0.25) is 9.59 Å². The van der Waals surface area contributed by atoms with E-state index in [1.54, 1.807) is 27.8 Å². The standard InChI is InChI=1S/C19H26FN3O4/c1-10(2)15(22-17(24)11(3)21-4)18(25)23-8-7-12-9-13(20)5-6-14(12)16(23)19(26)27/h5-6,9-11,15-16,21H,7-8H2,1-4H3,(H,22,24)(H,26,27)/t11-,15-,16?/m0/s1. The Balaban J connectivity index is 2.33. The third-order valence-corrected chi connectivity index (χ3v) is 4.91. The third kappa shape index (κ3) is 4.44. The van der Waals surface area contributed by atoms with Crippen LogP contribution in [0.4, 0.5) is 4.39 Å². The summed E-state index contributed by atoms with van der Waals surface area (Å²) in [5.41, 5.74) is 0.987. The molecule has 0 bridgehead atoms. The maximum absolute atomic E-state index is 13.5. The minimum absolute atomic E-state index is 0.146. The molecule has 1 aliphatic heterocycles. The lowest BCUT2D eigenvalue weighted by Crippen LogP contribution is -2.56. The molecule has 148 valence electrons. The van der Waals surface area contributed by atoms with Gasteiger partial charge < -0.3 is 20.6 Å². The van der Waals surface area contributed by atoms with Gasteiger partial charge in [0.25, 0.3) is 0 Å². The summed E-state index contributed by atoms with van der Waals surface area (Å²) in [7, 11) is 1.64. The molecular formula is C19H26FN3O4. The largest absolute Gasteiger partial charge is 0.479 e. The van der Waals surface area contributed by atoms with Gasteiger partial charge in [-0.05, 0) is 49.6 Å². The second-order valence-corrected chi connectivity index (χ2v) is 7.11. The number of fused-ring (bicyclic) bond motifs is 1. The topological polar surface area (TPSA) is 98.7 Å². The van der Waals surface area contributed by atoms with E-state index in [1.165, 1.54) is 23.1 Å². The zero-order valence-electron chi connectivity index (χ0n) is 16.0. The number of nitrogens with one attached hydrogen (secondary N) is 2. The van der Waals surface area contributed by atoms with Gasteiger partial charge in [-0.1, -0.05) is 19.9 Å². The summed E-state index contributed by atoms with van der Waals surface area (Å²) in [6.07, 6.45) is 0.355. The molecule has 0 aromatic heterocycles. The fourth-order valence-electron chi connectivity index (χ4n) is 3.20. The van der Waals surface area contributed by atoms with E-state index in [-0.39, 0.29) is 18.4 Å². The quantitative estimate of drug-likeness (QED) is 0.687. The highest BCUT2D eigenvalue weighted by Gasteiger charge is 2.40. The number of hydrogen-bond acceptors (Lipinski definition) is 4. The zero-order valence-corrected chi connectivity index (χ0v) is 16.0. The Labute approximate surface area is 157 Å². The van der Waals surface area contributed by atoms with Gasteiger partial charge in [-0.2, -0.15) is 0 Å². The Morgan fingerprint density at radius 2 is 1.93 bits per heavy atom. The molecule has 3 N–H and O–H groups in total. The van der Waals surface area contributed by atoms with E-state index in [0.717, 1.165) is 0 Å². The number of carbonyl (C=O) groups excluding carboxylic acids is 2. The first-order valence-electron chi connectivity index (χ1n) is 8.96. The van der Waals surface area contributed by atoms with E-state index in [9.17, 15) is 23.9 Å². The van der Waals surface area contributed by atoms with Crippen LogP contribution in [0.5, 0.6) is 0 Å². The molecule has 1 aromatic carbocycles. The number of hydrogen-bond donors (Lipinski definition) is 3. The van der Waals surface area contributed by atoms with Gasteiger partial charge >= 0.3 is 5.97 Å². The smallest absolute Gasteiger partial charge is 0.331 e. The van der Waals surface area contributed by atoms with E-state index >= 15 is 0 Å². The minimum Gasteiger partial charge on any atom is -0.479 e. The SMILES string of the molecule is CN[C@@H](C)C(=O)N[C@H](C(=O)N1CCc2cc(F)ccc2C1C(=O)O)C(C)C. The van der Waals surface area contributed by atoms with Crippen LogP contribution in [-0.4, -0.2) is 53.5 Å². The summed E-state index contributed by atoms with van der Waals surface area (Å²) >= 11 is 0. The fraction of sp³-hybridized carbons (Fsp3) is 0.526. The molecule has 3 atom stereocenters. The molecule has 1 aromatic rings. The second-order valence-electron chi connectivity index (χ2n) is 7.11. The number of carbonyl (C=O) groups is 3. The number of rotatable bonds is 6. The van der Waals surface area contributed by atoms with Gasteiger partial charge in [0.2, 0.25) is 11.8 Å². The molecule has 0 aliphatic carbocycles. The molecule has 0 fully saturated rings. The number of likely N-dealkylation sites (N-methyl/N-ethyl adjacent to an activating group) is 1. The van der Waals surface area contributed by atoms with Gasteiger partial charge in [-0.25, -0.2) is 9.18 Å². The molecule has 1 aliphatic rings. The molecule has 1 heterocycles. The number of benzene rings is 1. The molecule has 7 nitrogen and oxygen atoms in total. The highest BCUT2D eigenvalue weighted by molar-refractivity contribution is 5.92. The van der Waals surface area contributed by atoms with Crippen molar-refractivity contribution in [1.82, 2.24) is 15.5 Å². The maximum atomic E-state index is 13.5. The molecule has 8 heteroatoms. The summed E-state index contributed by atoms with van der Waals surface area (Å²) < 4.78 is 13.5. The monoisotopic (exact) mass is 379 g/mol. The van der Waals surface area contributed by atoms with Crippen LogP contribution in [-0.2, 0) is 20.8 Å². The summed E-state index contributed by atoms with van der Waals surface area (Å²) in [5, 5.41) is 15.2. The summed E-state index contributed by atoms with van der Waals surface area (Å²) in [6.45, 7) is 5.39. The molecule has 0 spiro atoms.